The number of nitro benzene ring substituents is 1. The predicted molar refractivity (Wildman–Crippen MR) is 118 cm³/mol. The summed E-state index contributed by atoms with van der Waals surface area (Å²) in [6, 6.07) is 8.17. The van der Waals surface area contributed by atoms with E-state index >= 15 is 0 Å². The van der Waals surface area contributed by atoms with E-state index < -0.39 is 17.5 Å². The molecule has 1 aliphatic heterocycles. The van der Waals surface area contributed by atoms with Crippen LogP contribution >= 0.6 is 11.6 Å². The van der Waals surface area contributed by atoms with E-state index in [1.165, 1.54) is 43.5 Å². The van der Waals surface area contributed by atoms with Crippen molar-refractivity contribution in [3.8, 4) is 17.2 Å². The molecule has 0 bridgehead atoms. The first-order valence-electron chi connectivity index (χ1n) is 10.1. The summed E-state index contributed by atoms with van der Waals surface area (Å²) in [6.45, 7) is 4.19. The smallest absolute Gasteiger partial charge is 0.338 e. The lowest BCUT2D eigenvalue weighted by Gasteiger charge is -2.35. The minimum atomic E-state index is -0.722. The second kappa shape index (κ2) is 10.5. The molecule has 1 heterocycles. The third kappa shape index (κ3) is 6.11. The summed E-state index contributed by atoms with van der Waals surface area (Å²) in [5.41, 5.74) is -0.195. The number of halogens is 1. The summed E-state index contributed by atoms with van der Waals surface area (Å²) in [7, 11) is 1.36. The number of benzene rings is 2. The summed E-state index contributed by atoms with van der Waals surface area (Å²) in [5, 5.41) is 11.5. The molecule has 0 N–H and O–H groups in total. The van der Waals surface area contributed by atoms with Gasteiger partial charge in [0.2, 0.25) is 5.75 Å². The normalized spacial score (nSPS) is 17.9. The van der Waals surface area contributed by atoms with Gasteiger partial charge in [0, 0.05) is 24.2 Å². The topological polar surface area (TPSA) is 117 Å². The number of amides is 1. The first-order valence-corrected chi connectivity index (χ1v) is 10.5. The number of carbonyl (C=O) groups is 2. The standard InChI is InChI=1S/C22H23ClN2O8/c1-13-10-24(11-14(2)32-13)21(26)12-31-22(27)15-4-6-19(20(8-15)30-3)33-18-7-5-16(23)9-17(18)25(28)29/h4-9,13-14H,10-12H2,1-3H3/t13-,14-/m0/s1. The number of hydrogen-bond acceptors (Lipinski definition) is 8. The van der Waals surface area contributed by atoms with Gasteiger partial charge in [-0.25, -0.2) is 4.79 Å². The molecule has 0 aromatic heterocycles. The highest BCUT2D eigenvalue weighted by Crippen LogP contribution is 2.38. The Morgan fingerprint density at radius 2 is 1.79 bits per heavy atom. The van der Waals surface area contributed by atoms with Crippen LogP contribution in [-0.2, 0) is 14.3 Å². The van der Waals surface area contributed by atoms with E-state index in [9.17, 15) is 19.7 Å². The fraction of sp³-hybridized carbons (Fsp3) is 0.364. The fourth-order valence-corrected chi connectivity index (χ4v) is 3.57. The molecule has 11 heteroatoms. The van der Waals surface area contributed by atoms with Crippen LogP contribution in [0, 0.1) is 10.1 Å². The maximum absolute atomic E-state index is 12.5. The van der Waals surface area contributed by atoms with Gasteiger partial charge in [-0.05, 0) is 44.2 Å². The van der Waals surface area contributed by atoms with Gasteiger partial charge < -0.3 is 23.8 Å². The summed E-state index contributed by atoms with van der Waals surface area (Å²) >= 11 is 5.82. The maximum atomic E-state index is 12.5. The highest BCUT2D eigenvalue weighted by molar-refractivity contribution is 6.30. The van der Waals surface area contributed by atoms with Crippen molar-refractivity contribution in [2.75, 3.05) is 26.8 Å². The van der Waals surface area contributed by atoms with Crippen molar-refractivity contribution in [2.45, 2.75) is 26.1 Å². The van der Waals surface area contributed by atoms with Crippen LogP contribution in [0.3, 0.4) is 0 Å². The number of esters is 1. The first kappa shape index (κ1) is 24.3. The van der Waals surface area contributed by atoms with E-state index in [2.05, 4.69) is 0 Å². The van der Waals surface area contributed by atoms with Crippen LogP contribution < -0.4 is 9.47 Å². The average Bonchev–Trinajstić information content (AvgIpc) is 2.77. The Morgan fingerprint density at radius 3 is 2.42 bits per heavy atom. The number of nitrogens with zero attached hydrogens (tertiary/aromatic N) is 2. The molecular formula is C22H23ClN2O8. The number of carbonyl (C=O) groups excluding carboxylic acids is 2. The lowest BCUT2D eigenvalue weighted by atomic mass is 10.2. The number of nitro groups is 1. The zero-order chi connectivity index (χ0) is 24.1. The number of methoxy groups -OCH3 is 1. The van der Waals surface area contributed by atoms with Crippen LogP contribution in [-0.4, -0.2) is 60.7 Å². The summed E-state index contributed by atoms with van der Waals surface area (Å²) in [6.07, 6.45) is -0.191. The summed E-state index contributed by atoms with van der Waals surface area (Å²) in [5.74, 6) is -0.785. The molecule has 3 rings (SSSR count). The highest BCUT2D eigenvalue weighted by Gasteiger charge is 2.27. The Hall–Kier alpha value is -3.37. The molecule has 2 aromatic carbocycles. The minimum absolute atomic E-state index is 0.0439. The molecule has 2 atom stereocenters. The minimum Gasteiger partial charge on any atom is -0.493 e. The van der Waals surface area contributed by atoms with E-state index in [1.54, 1.807) is 4.90 Å². The third-order valence-corrected chi connectivity index (χ3v) is 5.07. The fourth-order valence-electron chi connectivity index (χ4n) is 3.40. The molecule has 2 aromatic rings. The van der Waals surface area contributed by atoms with Crippen LogP contribution in [0.25, 0.3) is 0 Å². The lowest BCUT2D eigenvalue weighted by molar-refractivity contribution is -0.385. The first-order chi connectivity index (χ1) is 15.7. The molecular weight excluding hydrogens is 456 g/mol. The van der Waals surface area contributed by atoms with Gasteiger partial charge in [-0.15, -0.1) is 0 Å². The van der Waals surface area contributed by atoms with Crippen LogP contribution in [0.1, 0.15) is 24.2 Å². The van der Waals surface area contributed by atoms with E-state index in [1.807, 2.05) is 13.8 Å². The molecule has 1 fully saturated rings. The van der Waals surface area contributed by atoms with Crippen molar-refractivity contribution in [1.82, 2.24) is 4.90 Å². The predicted octanol–water partition coefficient (Wildman–Crippen LogP) is 3.84. The number of morpholine rings is 1. The Balaban J connectivity index is 1.69. The van der Waals surface area contributed by atoms with Gasteiger partial charge in [0.15, 0.2) is 18.1 Å². The second-order valence-electron chi connectivity index (χ2n) is 7.47. The van der Waals surface area contributed by atoms with Crippen molar-refractivity contribution in [3.05, 3.63) is 57.1 Å². The Morgan fingerprint density at radius 1 is 1.12 bits per heavy atom. The van der Waals surface area contributed by atoms with Gasteiger partial charge in [-0.1, -0.05) is 11.6 Å². The van der Waals surface area contributed by atoms with Crippen LogP contribution in [0.2, 0.25) is 5.02 Å². The van der Waals surface area contributed by atoms with Crippen molar-refractivity contribution < 1.29 is 33.5 Å². The zero-order valence-corrected chi connectivity index (χ0v) is 19.0. The van der Waals surface area contributed by atoms with E-state index in [0.29, 0.717) is 13.1 Å². The molecule has 0 radical (unpaired) electrons. The Bertz CT molecular complexity index is 1050. The van der Waals surface area contributed by atoms with Gasteiger partial charge >= 0.3 is 11.7 Å². The van der Waals surface area contributed by atoms with Gasteiger partial charge in [0.1, 0.15) is 0 Å². The van der Waals surface area contributed by atoms with Gasteiger partial charge in [-0.3, -0.25) is 14.9 Å². The largest absolute Gasteiger partial charge is 0.493 e. The molecule has 176 valence electrons. The van der Waals surface area contributed by atoms with Crippen molar-refractivity contribution in [1.29, 1.82) is 0 Å². The maximum Gasteiger partial charge on any atom is 0.338 e. The molecule has 10 nitrogen and oxygen atoms in total. The van der Waals surface area contributed by atoms with Gasteiger partial charge in [0.05, 0.1) is 29.8 Å². The van der Waals surface area contributed by atoms with E-state index in [-0.39, 0.29) is 51.6 Å². The number of hydrogen-bond donors (Lipinski definition) is 0. The van der Waals surface area contributed by atoms with Crippen LogP contribution in [0.5, 0.6) is 17.2 Å². The summed E-state index contributed by atoms with van der Waals surface area (Å²) < 4.78 is 21.6. The quantitative estimate of drug-likeness (QED) is 0.334. The van der Waals surface area contributed by atoms with Crippen LogP contribution in [0.15, 0.2) is 36.4 Å². The van der Waals surface area contributed by atoms with Gasteiger partial charge in [-0.2, -0.15) is 0 Å². The van der Waals surface area contributed by atoms with Crippen LogP contribution in [0.4, 0.5) is 5.69 Å². The average molecular weight is 479 g/mol. The van der Waals surface area contributed by atoms with E-state index in [4.69, 9.17) is 30.5 Å². The molecule has 0 aliphatic carbocycles. The number of rotatable bonds is 7. The molecule has 0 saturated carbocycles. The molecule has 33 heavy (non-hydrogen) atoms. The molecule has 1 saturated heterocycles. The highest BCUT2D eigenvalue weighted by atomic mass is 35.5. The molecule has 0 unspecified atom stereocenters. The van der Waals surface area contributed by atoms with Crippen molar-refractivity contribution >= 4 is 29.2 Å². The molecule has 1 aliphatic rings. The molecule has 1 amide bonds. The SMILES string of the molecule is COc1cc(C(=O)OCC(=O)N2C[C@H](C)O[C@@H](C)C2)ccc1Oc1ccc(Cl)cc1[N+](=O)[O-]. The van der Waals surface area contributed by atoms with E-state index in [0.717, 1.165) is 0 Å². The Kier molecular flexibility index (Phi) is 7.72. The van der Waals surface area contributed by atoms with Crippen molar-refractivity contribution in [2.24, 2.45) is 0 Å². The lowest BCUT2D eigenvalue weighted by Crippen LogP contribution is -2.49. The summed E-state index contributed by atoms with van der Waals surface area (Å²) in [4.78, 5) is 37.1. The Labute approximate surface area is 195 Å². The van der Waals surface area contributed by atoms with Crippen molar-refractivity contribution in [3.63, 3.8) is 0 Å². The zero-order valence-electron chi connectivity index (χ0n) is 18.3. The second-order valence-corrected chi connectivity index (χ2v) is 7.91. The van der Waals surface area contributed by atoms with Gasteiger partial charge in [0.25, 0.3) is 5.91 Å². The monoisotopic (exact) mass is 478 g/mol. The molecule has 0 spiro atoms. The number of ether oxygens (including phenoxy) is 4. The third-order valence-electron chi connectivity index (χ3n) is 4.84.